The number of rotatable bonds is 4. The van der Waals surface area contributed by atoms with Crippen LogP contribution in [-0.2, 0) is 16.6 Å². The van der Waals surface area contributed by atoms with E-state index in [2.05, 4.69) is 24.9 Å². The summed E-state index contributed by atoms with van der Waals surface area (Å²) in [6.45, 7) is 1.87. The van der Waals surface area contributed by atoms with Crippen molar-refractivity contribution in [2.24, 2.45) is 5.73 Å². The molecule has 0 aliphatic heterocycles. The van der Waals surface area contributed by atoms with Gasteiger partial charge in [-0.05, 0) is 41.7 Å². The molecule has 0 unspecified atom stereocenters. The highest BCUT2D eigenvalue weighted by atomic mass is 16.6. The van der Waals surface area contributed by atoms with Crippen LogP contribution in [0.15, 0.2) is 23.0 Å². The lowest BCUT2D eigenvalue weighted by Crippen LogP contribution is -2.29. The van der Waals surface area contributed by atoms with Gasteiger partial charge >= 0.3 is 0 Å². The second-order valence-electron chi connectivity index (χ2n) is 6.20. The van der Waals surface area contributed by atoms with Gasteiger partial charge in [0.1, 0.15) is 0 Å². The molecule has 0 saturated heterocycles. The monoisotopic (exact) mass is 324 g/mol. The molecule has 122 valence electrons. The molecular weight excluding hydrogens is 308 g/mol. The van der Waals surface area contributed by atoms with E-state index in [1.54, 1.807) is 6.20 Å². The van der Waals surface area contributed by atoms with Gasteiger partial charge in [0.05, 0.1) is 16.8 Å². The van der Waals surface area contributed by atoms with Gasteiger partial charge in [-0.25, -0.2) is 9.61 Å². The normalized spacial score (nSPS) is 15.5. The van der Waals surface area contributed by atoms with Crippen LogP contribution in [0.5, 0.6) is 0 Å². The fourth-order valence-electron chi connectivity index (χ4n) is 2.98. The molecule has 8 nitrogen and oxygen atoms in total. The van der Waals surface area contributed by atoms with Crippen LogP contribution in [0.3, 0.4) is 0 Å². The second-order valence-corrected chi connectivity index (χ2v) is 6.20. The van der Waals surface area contributed by atoms with E-state index < -0.39 is 5.41 Å². The molecule has 0 aromatic carbocycles. The molecule has 3 aromatic rings. The quantitative estimate of drug-likeness (QED) is 0.731. The molecule has 0 atom stereocenters. The highest BCUT2D eigenvalue weighted by molar-refractivity contribution is 5.89. The number of amides is 1. The Kier molecular flexibility index (Phi) is 3.02. The lowest BCUT2D eigenvalue weighted by Gasteiger charge is -2.12. The first kappa shape index (κ1) is 14.6. The Bertz CT molecular complexity index is 943. The number of pyridine rings is 2. The Morgan fingerprint density at radius 3 is 2.75 bits per heavy atom. The number of hydrogen-bond acceptors (Lipinski definition) is 7. The van der Waals surface area contributed by atoms with Crippen molar-refractivity contribution in [1.29, 1.82) is 0 Å². The lowest BCUT2D eigenvalue weighted by atomic mass is 9.98. The summed E-state index contributed by atoms with van der Waals surface area (Å²) in [6, 6.07) is 3.80. The van der Waals surface area contributed by atoms with Gasteiger partial charge in [0, 0.05) is 23.9 Å². The molecule has 24 heavy (non-hydrogen) atoms. The Labute approximate surface area is 137 Å². The zero-order valence-electron chi connectivity index (χ0n) is 13.1. The predicted octanol–water partition coefficient (Wildman–Crippen LogP) is 1.01. The fourth-order valence-corrected chi connectivity index (χ4v) is 2.98. The van der Waals surface area contributed by atoms with E-state index in [4.69, 9.17) is 11.5 Å². The average Bonchev–Trinajstić information content (AvgIpc) is 3.25. The Morgan fingerprint density at radius 1 is 1.33 bits per heavy atom. The van der Waals surface area contributed by atoms with Crippen molar-refractivity contribution in [3.63, 3.8) is 0 Å². The number of aryl methyl sites for hydroxylation is 1. The minimum atomic E-state index is -0.569. The number of hydrogen-bond donors (Lipinski definition) is 2. The van der Waals surface area contributed by atoms with Crippen molar-refractivity contribution in [3.8, 4) is 0 Å². The van der Waals surface area contributed by atoms with Crippen LogP contribution >= 0.6 is 0 Å². The topological polar surface area (TPSA) is 134 Å². The molecule has 3 aromatic heterocycles. The number of carbonyl (C=O) groups is 1. The minimum Gasteiger partial charge on any atom is -0.396 e. The maximum atomic E-state index is 11.6. The maximum Gasteiger partial charge on any atom is 0.229 e. The summed E-state index contributed by atoms with van der Waals surface area (Å²) in [7, 11) is 0. The molecule has 4 rings (SSSR count). The van der Waals surface area contributed by atoms with Crippen LogP contribution < -0.4 is 11.5 Å². The Hall–Kier alpha value is -3.03. The van der Waals surface area contributed by atoms with Crippen LogP contribution in [0.1, 0.15) is 35.4 Å². The molecule has 3 heterocycles. The van der Waals surface area contributed by atoms with Crippen molar-refractivity contribution in [2.45, 2.75) is 31.6 Å². The van der Waals surface area contributed by atoms with Gasteiger partial charge < -0.3 is 11.5 Å². The van der Waals surface area contributed by atoms with Crippen molar-refractivity contribution < 1.29 is 9.42 Å². The van der Waals surface area contributed by atoms with Gasteiger partial charge in [-0.15, -0.1) is 0 Å². The van der Waals surface area contributed by atoms with Gasteiger partial charge in [-0.3, -0.25) is 9.78 Å². The van der Waals surface area contributed by atoms with Crippen LogP contribution in [-0.4, -0.2) is 26.2 Å². The number of anilines is 1. The van der Waals surface area contributed by atoms with Gasteiger partial charge in [-0.2, -0.15) is 0 Å². The summed E-state index contributed by atoms with van der Waals surface area (Å²) < 4.78 is 4.69. The number of nitrogens with zero attached hydrogens (tertiary/aromatic N) is 4. The molecule has 0 radical (unpaired) electrons. The molecule has 1 aliphatic carbocycles. The molecule has 1 amide bonds. The van der Waals surface area contributed by atoms with Crippen LogP contribution in [0.4, 0.5) is 5.69 Å². The number of nitrogen functional groups attached to an aromatic ring is 1. The fraction of sp³-hybridized carbons (Fsp3) is 0.312. The summed E-state index contributed by atoms with van der Waals surface area (Å²) in [4.78, 5) is 20.4. The first-order chi connectivity index (χ1) is 11.5. The molecule has 1 fully saturated rings. The van der Waals surface area contributed by atoms with Gasteiger partial charge in [0.25, 0.3) is 0 Å². The third-order valence-electron chi connectivity index (χ3n) is 4.68. The van der Waals surface area contributed by atoms with Gasteiger partial charge in [0.2, 0.25) is 11.6 Å². The largest absolute Gasteiger partial charge is 0.396 e. The van der Waals surface area contributed by atoms with E-state index >= 15 is 0 Å². The van der Waals surface area contributed by atoms with E-state index in [0.717, 1.165) is 35.4 Å². The number of primary amides is 1. The van der Waals surface area contributed by atoms with Crippen LogP contribution in [0.25, 0.3) is 11.2 Å². The third kappa shape index (κ3) is 2.10. The summed E-state index contributed by atoms with van der Waals surface area (Å²) in [6.07, 6.45) is 3.84. The Morgan fingerprint density at radius 2 is 2.12 bits per heavy atom. The van der Waals surface area contributed by atoms with Gasteiger partial charge in [0.15, 0.2) is 5.52 Å². The van der Waals surface area contributed by atoms with Crippen LogP contribution in [0.2, 0.25) is 0 Å². The number of nitrogens with two attached hydrogens (primary N) is 2. The van der Waals surface area contributed by atoms with Crippen LogP contribution in [0, 0.1) is 6.92 Å². The standard InChI is InChI=1S/C16H16N6O2/c1-8-10(12(17)13-14(20-8)22-24-21-13)6-9-2-3-11(19-7-9)16(4-5-16)15(18)23/h2-3,7H,4-6,17H2,1H3,(H2,18,23). The van der Waals surface area contributed by atoms with Crippen molar-refractivity contribution in [2.75, 3.05) is 5.73 Å². The van der Waals surface area contributed by atoms with E-state index in [1.165, 1.54) is 0 Å². The molecule has 0 bridgehead atoms. The highest BCUT2D eigenvalue weighted by Crippen LogP contribution is 2.46. The van der Waals surface area contributed by atoms with Crippen molar-refractivity contribution >= 4 is 22.8 Å². The molecule has 0 spiro atoms. The molecule has 1 aliphatic rings. The molecular formula is C16H16N6O2. The lowest BCUT2D eigenvalue weighted by molar-refractivity contribution is -0.120. The Balaban J connectivity index is 1.65. The first-order valence-electron chi connectivity index (χ1n) is 7.64. The average molecular weight is 324 g/mol. The van der Waals surface area contributed by atoms with E-state index in [0.29, 0.717) is 23.3 Å². The number of aromatic nitrogens is 4. The third-order valence-corrected chi connectivity index (χ3v) is 4.68. The summed E-state index contributed by atoms with van der Waals surface area (Å²) in [5, 5.41) is 7.51. The van der Waals surface area contributed by atoms with E-state index in [-0.39, 0.29) is 5.91 Å². The SMILES string of the molecule is Cc1nc2nonc2c(N)c1Cc1ccc(C2(C(N)=O)CC2)nc1. The summed E-state index contributed by atoms with van der Waals surface area (Å²) in [5.41, 5.74) is 15.8. The summed E-state index contributed by atoms with van der Waals surface area (Å²) in [5.74, 6) is -0.309. The first-order valence-corrected chi connectivity index (χ1v) is 7.64. The number of fused-ring (bicyclic) bond motifs is 1. The smallest absolute Gasteiger partial charge is 0.229 e. The van der Waals surface area contributed by atoms with E-state index in [1.807, 2.05) is 19.1 Å². The minimum absolute atomic E-state index is 0.309. The number of carbonyl (C=O) groups excluding carboxylic acids is 1. The highest BCUT2D eigenvalue weighted by Gasteiger charge is 2.51. The molecule has 1 saturated carbocycles. The maximum absolute atomic E-state index is 11.6. The molecule has 8 heteroatoms. The van der Waals surface area contributed by atoms with E-state index in [9.17, 15) is 4.79 Å². The predicted molar refractivity (Wildman–Crippen MR) is 85.9 cm³/mol. The van der Waals surface area contributed by atoms with Crippen molar-refractivity contribution in [1.82, 2.24) is 20.3 Å². The van der Waals surface area contributed by atoms with Crippen molar-refractivity contribution in [3.05, 3.63) is 40.8 Å². The zero-order chi connectivity index (χ0) is 16.9. The second kappa shape index (κ2) is 4.98. The summed E-state index contributed by atoms with van der Waals surface area (Å²) >= 11 is 0. The molecule has 4 N–H and O–H groups in total. The zero-order valence-corrected chi connectivity index (χ0v) is 13.1. The van der Waals surface area contributed by atoms with Gasteiger partial charge in [-0.1, -0.05) is 6.07 Å².